The first-order valence-electron chi connectivity index (χ1n) is 12.9. The number of hydrogen-bond donors (Lipinski definition) is 0. The van der Waals surface area contributed by atoms with E-state index in [-0.39, 0.29) is 0 Å². The number of anilines is 1. The fraction of sp³-hybridized carbons (Fsp3) is 0.500. The topological polar surface area (TPSA) is 41.9 Å². The van der Waals surface area contributed by atoms with Crippen LogP contribution in [0.25, 0.3) is 0 Å². The van der Waals surface area contributed by atoms with Crippen LogP contribution in [0.1, 0.15) is 98.6 Å². The van der Waals surface area contributed by atoms with Crippen molar-refractivity contribution in [1.82, 2.24) is 15.0 Å². The second-order valence-corrected chi connectivity index (χ2v) is 10.6. The van der Waals surface area contributed by atoms with E-state index in [4.69, 9.17) is 9.97 Å². The predicted octanol–water partition coefficient (Wildman–Crippen LogP) is 7.02. The number of pyridine rings is 3. The Labute approximate surface area is 211 Å². The molecular weight excluding hydrogens is 435 g/mol. The lowest BCUT2D eigenvalue weighted by Crippen LogP contribution is -2.14. The van der Waals surface area contributed by atoms with Gasteiger partial charge in [-0.1, -0.05) is 53.7 Å². The maximum atomic E-state index is 13.9. The Balaban J connectivity index is 1.87. The standard InChI is InChI=1S/C30H41FN4/c1-19(2)23-10-15-28(31)33-25(23)12-9-22-17-18-32-27(30(22)21(5)6)14-13-26-24(20(3)4)11-16-29(34-26)35(7)8/h10-11,15-21H,9,12-14H2,1-8H3. The Kier molecular flexibility index (Phi) is 8.98. The number of aromatic nitrogens is 3. The first kappa shape index (κ1) is 26.8. The lowest BCUT2D eigenvalue weighted by atomic mass is 9.89. The van der Waals surface area contributed by atoms with Gasteiger partial charge in [-0.05, 0) is 83.9 Å². The lowest BCUT2D eigenvalue weighted by molar-refractivity contribution is 0.571. The Hall–Kier alpha value is -2.82. The fourth-order valence-corrected chi connectivity index (χ4v) is 4.86. The molecule has 0 spiro atoms. The molecular formula is C30H41FN4. The normalized spacial score (nSPS) is 11.7. The minimum atomic E-state index is -0.405. The van der Waals surface area contributed by atoms with E-state index in [0.29, 0.717) is 17.8 Å². The molecule has 0 saturated heterocycles. The van der Waals surface area contributed by atoms with Crippen LogP contribution in [0.2, 0.25) is 0 Å². The molecule has 3 heterocycles. The lowest BCUT2D eigenvalue weighted by Gasteiger charge is -2.20. The van der Waals surface area contributed by atoms with Gasteiger partial charge in [0.15, 0.2) is 0 Å². The smallest absolute Gasteiger partial charge is 0.213 e. The highest BCUT2D eigenvalue weighted by Gasteiger charge is 2.17. The second-order valence-electron chi connectivity index (χ2n) is 10.6. The van der Waals surface area contributed by atoms with Crippen molar-refractivity contribution < 1.29 is 4.39 Å². The zero-order valence-corrected chi connectivity index (χ0v) is 22.7. The number of rotatable bonds is 10. The van der Waals surface area contributed by atoms with E-state index in [1.807, 2.05) is 26.4 Å². The maximum Gasteiger partial charge on any atom is 0.213 e. The summed E-state index contributed by atoms with van der Waals surface area (Å²) in [7, 11) is 4.06. The van der Waals surface area contributed by atoms with Gasteiger partial charge in [-0.25, -0.2) is 9.97 Å². The van der Waals surface area contributed by atoms with Crippen LogP contribution in [0.5, 0.6) is 0 Å². The average Bonchev–Trinajstić information content (AvgIpc) is 2.80. The van der Waals surface area contributed by atoms with Gasteiger partial charge in [-0.3, -0.25) is 4.98 Å². The SMILES string of the molecule is CC(C)c1ccc(F)nc1CCc1ccnc(CCc2nc(N(C)C)ccc2C(C)C)c1C(C)C. The van der Waals surface area contributed by atoms with Crippen LogP contribution in [0.15, 0.2) is 36.5 Å². The summed E-state index contributed by atoms with van der Waals surface area (Å²) in [5.41, 5.74) is 8.17. The number of nitrogens with zero attached hydrogens (tertiary/aromatic N) is 4. The Morgan fingerprint density at radius 3 is 1.86 bits per heavy atom. The zero-order valence-electron chi connectivity index (χ0n) is 22.7. The monoisotopic (exact) mass is 476 g/mol. The molecule has 0 amide bonds. The summed E-state index contributed by atoms with van der Waals surface area (Å²) < 4.78 is 13.9. The third kappa shape index (κ3) is 6.65. The van der Waals surface area contributed by atoms with E-state index < -0.39 is 5.95 Å². The van der Waals surface area contributed by atoms with Gasteiger partial charge in [0, 0.05) is 37.4 Å². The van der Waals surface area contributed by atoms with Gasteiger partial charge in [-0.2, -0.15) is 4.39 Å². The van der Waals surface area contributed by atoms with Crippen LogP contribution >= 0.6 is 0 Å². The van der Waals surface area contributed by atoms with Crippen LogP contribution < -0.4 is 4.90 Å². The van der Waals surface area contributed by atoms with E-state index in [1.54, 1.807) is 0 Å². The third-order valence-electron chi connectivity index (χ3n) is 6.64. The largest absolute Gasteiger partial charge is 0.363 e. The summed E-state index contributed by atoms with van der Waals surface area (Å²) in [6.07, 6.45) is 5.17. The molecule has 4 nitrogen and oxygen atoms in total. The Bertz CT molecular complexity index is 1140. The van der Waals surface area contributed by atoms with Crippen LogP contribution in [0, 0.1) is 5.95 Å². The molecule has 0 saturated carbocycles. The Morgan fingerprint density at radius 1 is 0.686 bits per heavy atom. The van der Waals surface area contributed by atoms with E-state index >= 15 is 0 Å². The van der Waals surface area contributed by atoms with Crippen molar-refractivity contribution in [3.63, 3.8) is 0 Å². The molecule has 0 unspecified atom stereocenters. The first-order chi connectivity index (χ1) is 16.6. The predicted molar refractivity (Wildman–Crippen MR) is 144 cm³/mol. The molecule has 3 rings (SSSR count). The van der Waals surface area contributed by atoms with Crippen molar-refractivity contribution in [1.29, 1.82) is 0 Å². The van der Waals surface area contributed by atoms with E-state index in [1.165, 1.54) is 22.8 Å². The van der Waals surface area contributed by atoms with Gasteiger partial charge in [0.2, 0.25) is 5.95 Å². The van der Waals surface area contributed by atoms with Crippen molar-refractivity contribution in [3.8, 4) is 0 Å². The highest BCUT2D eigenvalue weighted by molar-refractivity contribution is 5.42. The molecule has 0 aliphatic heterocycles. The number of hydrogen-bond acceptors (Lipinski definition) is 4. The van der Waals surface area contributed by atoms with Gasteiger partial charge in [0.25, 0.3) is 0 Å². The summed E-state index contributed by atoms with van der Waals surface area (Å²) in [4.78, 5) is 16.1. The highest BCUT2D eigenvalue weighted by Crippen LogP contribution is 2.28. The van der Waals surface area contributed by atoms with Crippen molar-refractivity contribution in [2.45, 2.75) is 85.0 Å². The molecule has 3 aromatic rings. The van der Waals surface area contributed by atoms with Crippen molar-refractivity contribution in [3.05, 3.63) is 81.8 Å². The first-order valence-corrected chi connectivity index (χ1v) is 12.9. The van der Waals surface area contributed by atoms with Gasteiger partial charge in [-0.15, -0.1) is 0 Å². The molecule has 3 aromatic heterocycles. The second kappa shape index (κ2) is 11.7. The molecule has 0 aromatic carbocycles. The fourth-order valence-electron chi connectivity index (χ4n) is 4.86. The van der Waals surface area contributed by atoms with Gasteiger partial charge in [0.05, 0.1) is 0 Å². The molecule has 0 bridgehead atoms. The average molecular weight is 477 g/mol. The van der Waals surface area contributed by atoms with E-state index in [9.17, 15) is 4.39 Å². The highest BCUT2D eigenvalue weighted by atomic mass is 19.1. The summed E-state index contributed by atoms with van der Waals surface area (Å²) in [6, 6.07) is 9.78. The maximum absolute atomic E-state index is 13.9. The molecule has 0 aliphatic rings. The van der Waals surface area contributed by atoms with Gasteiger partial charge in [0.1, 0.15) is 5.82 Å². The van der Waals surface area contributed by atoms with E-state index in [2.05, 4.69) is 69.6 Å². The van der Waals surface area contributed by atoms with Crippen molar-refractivity contribution in [2.75, 3.05) is 19.0 Å². The summed E-state index contributed by atoms with van der Waals surface area (Å²) >= 11 is 0. The molecule has 0 N–H and O–H groups in total. The van der Waals surface area contributed by atoms with E-state index in [0.717, 1.165) is 54.1 Å². The molecule has 0 aliphatic carbocycles. The van der Waals surface area contributed by atoms with Crippen molar-refractivity contribution >= 4 is 5.82 Å². The number of aryl methyl sites for hydroxylation is 4. The number of halogens is 1. The van der Waals surface area contributed by atoms with Crippen molar-refractivity contribution in [2.24, 2.45) is 0 Å². The zero-order chi connectivity index (χ0) is 25.7. The van der Waals surface area contributed by atoms with Gasteiger partial charge < -0.3 is 4.90 Å². The Morgan fingerprint density at radius 2 is 1.26 bits per heavy atom. The van der Waals surface area contributed by atoms with Crippen LogP contribution in [-0.4, -0.2) is 29.0 Å². The molecule has 0 fully saturated rings. The van der Waals surface area contributed by atoms with Crippen LogP contribution in [0.4, 0.5) is 10.2 Å². The summed E-state index contributed by atoms with van der Waals surface area (Å²) in [6.45, 7) is 13.2. The summed E-state index contributed by atoms with van der Waals surface area (Å²) in [5, 5.41) is 0. The molecule has 5 heteroatoms. The van der Waals surface area contributed by atoms with Gasteiger partial charge >= 0.3 is 0 Å². The summed E-state index contributed by atoms with van der Waals surface area (Å²) in [5.74, 6) is 1.67. The minimum Gasteiger partial charge on any atom is -0.363 e. The third-order valence-corrected chi connectivity index (χ3v) is 6.64. The molecule has 0 atom stereocenters. The van der Waals surface area contributed by atoms with Crippen LogP contribution in [-0.2, 0) is 25.7 Å². The minimum absolute atomic E-state index is 0.316. The quantitative estimate of drug-likeness (QED) is 0.295. The molecule has 0 radical (unpaired) electrons. The molecule has 35 heavy (non-hydrogen) atoms. The molecule has 188 valence electrons. The van der Waals surface area contributed by atoms with Crippen LogP contribution in [0.3, 0.4) is 0 Å².